The van der Waals surface area contributed by atoms with Crippen LogP contribution in [0.3, 0.4) is 0 Å². The number of nitrogens with zero attached hydrogens (tertiary/aromatic N) is 4. The lowest BCUT2D eigenvalue weighted by Gasteiger charge is -2.33. The summed E-state index contributed by atoms with van der Waals surface area (Å²) in [6, 6.07) is 22.3. The van der Waals surface area contributed by atoms with E-state index < -0.39 is 23.3 Å². The van der Waals surface area contributed by atoms with Crippen LogP contribution in [0.15, 0.2) is 79.0 Å². The van der Waals surface area contributed by atoms with Gasteiger partial charge in [-0.15, -0.1) is 0 Å². The maximum atomic E-state index is 14.1. The molecule has 7 rings (SSSR count). The number of hydrogen-bond acceptors (Lipinski definition) is 7. The summed E-state index contributed by atoms with van der Waals surface area (Å²) in [4.78, 5) is 52.8. The van der Waals surface area contributed by atoms with Gasteiger partial charge < -0.3 is 24.7 Å². The maximum absolute atomic E-state index is 14.1. The SMILES string of the molecule is CC(C)(C)OC(=O)N1CCCC1c1ncc(-c2ccc(C3CCC(c4ccc(NC(=O)[C@@H]5CCCN5C(=O)OC(C)(C)C)cc4)N3c3ccc(F)cc3)cc2)[nH]1. The van der Waals surface area contributed by atoms with Crippen LogP contribution in [-0.2, 0) is 14.3 Å². The van der Waals surface area contributed by atoms with Crippen LogP contribution in [0, 0.1) is 5.82 Å². The number of ether oxygens (including phenoxy) is 2. The Labute approximate surface area is 328 Å². The zero-order valence-electron chi connectivity index (χ0n) is 33.2. The predicted molar refractivity (Wildman–Crippen MR) is 214 cm³/mol. The number of carbonyl (C=O) groups excluding carboxylic acids is 3. The molecule has 4 heterocycles. The first-order valence-electron chi connectivity index (χ1n) is 19.7. The van der Waals surface area contributed by atoms with E-state index in [1.54, 1.807) is 4.90 Å². The summed E-state index contributed by atoms with van der Waals surface area (Å²) in [6.07, 6.45) is 5.82. The number of likely N-dealkylation sites (tertiary alicyclic amines) is 2. The van der Waals surface area contributed by atoms with E-state index in [2.05, 4.69) is 44.5 Å². The first kappa shape index (κ1) is 38.9. The number of imidazole rings is 1. The molecular formula is C44H53FN6O5. The number of hydrogen-bond donors (Lipinski definition) is 2. The third-order valence-electron chi connectivity index (χ3n) is 10.7. The van der Waals surface area contributed by atoms with Crippen molar-refractivity contribution in [2.24, 2.45) is 0 Å². The Morgan fingerprint density at radius 3 is 1.88 bits per heavy atom. The molecule has 0 bridgehead atoms. The number of H-pyrrole nitrogens is 1. The Morgan fingerprint density at radius 1 is 0.714 bits per heavy atom. The van der Waals surface area contributed by atoms with Crippen molar-refractivity contribution >= 4 is 29.5 Å². The topological polar surface area (TPSA) is 120 Å². The molecule has 3 unspecified atom stereocenters. The molecule has 4 aromatic rings. The van der Waals surface area contributed by atoms with Crippen molar-refractivity contribution in [3.05, 3.63) is 102 Å². The smallest absolute Gasteiger partial charge is 0.410 e. The molecule has 0 radical (unpaired) electrons. The van der Waals surface area contributed by atoms with Crippen LogP contribution in [0.4, 0.5) is 25.4 Å². The largest absolute Gasteiger partial charge is 0.444 e. The lowest BCUT2D eigenvalue weighted by molar-refractivity contribution is -0.120. The second kappa shape index (κ2) is 15.6. The van der Waals surface area contributed by atoms with Gasteiger partial charge >= 0.3 is 12.2 Å². The van der Waals surface area contributed by atoms with Gasteiger partial charge in [-0.2, -0.15) is 0 Å². The maximum Gasteiger partial charge on any atom is 0.410 e. The fraction of sp³-hybridized carbons (Fsp3) is 0.455. The van der Waals surface area contributed by atoms with Gasteiger partial charge in [-0.1, -0.05) is 36.4 Å². The van der Waals surface area contributed by atoms with Crippen molar-refractivity contribution in [3.63, 3.8) is 0 Å². The first-order chi connectivity index (χ1) is 26.6. The second-order valence-electron chi connectivity index (χ2n) is 17.1. The van der Waals surface area contributed by atoms with Crippen LogP contribution < -0.4 is 10.2 Å². The third kappa shape index (κ3) is 8.69. The van der Waals surface area contributed by atoms with Gasteiger partial charge in [-0.05, 0) is 133 Å². The van der Waals surface area contributed by atoms with Crippen molar-refractivity contribution in [2.75, 3.05) is 23.3 Å². The van der Waals surface area contributed by atoms with E-state index in [1.807, 2.05) is 84.1 Å². The van der Waals surface area contributed by atoms with E-state index >= 15 is 0 Å². The van der Waals surface area contributed by atoms with E-state index in [9.17, 15) is 18.8 Å². The molecule has 3 amide bonds. The molecule has 1 aromatic heterocycles. The summed E-state index contributed by atoms with van der Waals surface area (Å²) in [5, 5.41) is 3.01. The normalized spacial score (nSPS) is 21.4. The van der Waals surface area contributed by atoms with Gasteiger partial charge in [0.2, 0.25) is 5.91 Å². The highest BCUT2D eigenvalue weighted by atomic mass is 19.1. The van der Waals surface area contributed by atoms with Crippen molar-refractivity contribution in [1.82, 2.24) is 19.8 Å². The van der Waals surface area contributed by atoms with Crippen LogP contribution >= 0.6 is 0 Å². The van der Waals surface area contributed by atoms with Gasteiger partial charge in [-0.3, -0.25) is 14.6 Å². The Kier molecular flexibility index (Phi) is 10.8. The molecule has 0 spiro atoms. The Bertz CT molecular complexity index is 2020. The molecule has 3 fully saturated rings. The Morgan fingerprint density at radius 2 is 1.27 bits per heavy atom. The minimum atomic E-state index is -0.643. The zero-order valence-corrected chi connectivity index (χ0v) is 33.2. The fourth-order valence-corrected chi connectivity index (χ4v) is 8.16. The van der Waals surface area contributed by atoms with Gasteiger partial charge in [0, 0.05) is 24.5 Å². The summed E-state index contributed by atoms with van der Waals surface area (Å²) in [5.74, 6) is 0.232. The molecule has 12 heteroatoms. The lowest BCUT2D eigenvalue weighted by Crippen LogP contribution is -2.45. The zero-order chi connectivity index (χ0) is 39.8. The highest BCUT2D eigenvalue weighted by Crippen LogP contribution is 2.47. The minimum absolute atomic E-state index is 0.0156. The molecule has 4 atom stereocenters. The summed E-state index contributed by atoms with van der Waals surface area (Å²) in [6.45, 7) is 12.2. The van der Waals surface area contributed by atoms with Gasteiger partial charge in [-0.25, -0.2) is 19.0 Å². The Balaban J connectivity index is 1.06. The Hall–Kier alpha value is -5.39. The minimum Gasteiger partial charge on any atom is -0.444 e. The molecule has 56 heavy (non-hydrogen) atoms. The summed E-state index contributed by atoms with van der Waals surface area (Å²) >= 11 is 0. The van der Waals surface area contributed by atoms with Gasteiger partial charge in [0.05, 0.1) is 30.0 Å². The second-order valence-corrected chi connectivity index (χ2v) is 17.1. The molecule has 0 saturated carbocycles. The number of halogens is 1. The fourth-order valence-electron chi connectivity index (χ4n) is 8.16. The van der Waals surface area contributed by atoms with Gasteiger partial charge in [0.1, 0.15) is 28.9 Å². The molecule has 296 valence electrons. The van der Waals surface area contributed by atoms with Crippen LogP contribution in [0.1, 0.15) is 115 Å². The van der Waals surface area contributed by atoms with E-state index in [4.69, 9.17) is 9.47 Å². The lowest BCUT2D eigenvalue weighted by atomic mass is 10.0. The van der Waals surface area contributed by atoms with Crippen molar-refractivity contribution < 1.29 is 28.2 Å². The van der Waals surface area contributed by atoms with Crippen LogP contribution in [0.2, 0.25) is 0 Å². The summed E-state index contributed by atoms with van der Waals surface area (Å²) in [7, 11) is 0. The average Bonchev–Trinajstić information content (AvgIpc) is 3.97. The van der Waals surface area contributed by atoms with Crippen LogP contribution in [-0.4, -0.2) is 68.2 Å². The van der Waals surface area contributed by atoms with E-state index in [-0.39, 0.29) is 35.9 Å². The quantitative estimate of drug-likeness (QED) is 0.192. The van der Waals surface area contributed by atoms with E-state index in [0.29, 0.717) is 25.2 Å². The number of aromatic nitrogens is 2. The number of aromatic amines is 1. The number of rotatable bonds is 7. The predicted octanol–water partition coefficient (Wildman–Crippen LogP) is 9.71. The first-order valence-corrected chi connectivity index (χ1v) is 19.7. The number of anilines is 2. The van der Waals surface area contributed by atoms with Crippen LogP contribution in [0.25, 0.3) is 11.3 Å². The van der Waals surface area contributed by atoms with Gasteiger partial charge in [0.25, 0.3) is 0 Å². The number of carbonyl (C=O) groups is 3. The van der Waals surface area contributed by atoms with Gasteiger partial charge in [0.15, 0.2) is 0 Å². The third-order valence-corrected chi connectivity index (χ3v) is 10.7. The van der Waals surface area contributed by atoms with Crippen molar-refractivity contribution in [1.29, 1.82) is 0 Å². The van der Waals surface area contributed by atoms with Crippen LogP contribution in [0.5, 0.6) is 0 Å². The number of benzene rings is 3. The summed E-state index contributed by atoms with van der Waals surface area (Å²) < 4.78 is 25.3. The van der Waals surface area contributed by atoms with Crippen molar-refractivity contribution in [3.8, 4) is 11.3 Å². The number of nitrogens with one attached hydrogen (secondary N) is 2. The molecule has 3 saturated heterocycles. The monoisotopic (exact) mass is 764 g/mol. The molecule has 11 nitrogen and oxygen atoms in total. The highest BCUT2D eigenvalue weighted by Gasteiger charge is 2.38. The molecular weight excluding hydrogens is 712 g/mol. The molecule has 3 aliphatic heterocycles. The van der Waals surface area contributed by atoms with Crippen molar-refractivity contribution in [2.45, 2.75) is 115 Å². The molecule has 3 aliphatic rings. The molecule has 3 aromatic carbocycles. The standard InChI is InChI=1S/C44H53FN6O5/c1-43(2,3)55-41(53)49-25-7-9-37(49)39-46-27-34(48-39)28-11-13-29(14-12-28)35-23-24-36(51(35)33-21-17-31(45)18-22-33)30-15-19-32(20-16-30)47-40(52)38-10-8-26-50(38)42(54)56-44(4,5)6/h11-22,27,35-38H,7-10,23-26H2,1-6H3,(H,46,48)(H,47,52)/t35?,36?,37?,38-/m0/s1. The number of amides is 3. The molecule has 0 aliphatic carbocycles. The molecule has 2 N–H and O–H groups in total. The summed E-state index contributed by atoms with van der Waals surface area (Å²) in [5.41, 5.74) is 4.45. The van der Waals surface area contributed by atoms with E-state index in [1.165, 1.54) is 17.0 Å². The average molecular weight is 765 g/mol. The van der Waals surface area contributed by atoms with E-state index in [0.717, 1.165) is 66.0 Å². The highest BCUT2D eigenvalue weighted by molar-refractivity contribution is 5.97.